The second-order valence-corrected chi connectivity index (χ2v) is 19.4. The third-order valence-corrected chi connectivity index (χ3v) is 13.5. The molecule has 2 aliphatic heterocycles. The van der Waals surface area contributed by atoms with Crippen molar-refractivity contribution >= 4 is 52.2 Å². The van der Waals surface area contributed by atoms with Crippen LogP contribution >= 0.6 is 11.3 Å². The summed E-state index contributed by atoms with van der Waals surface area (Å²) in [5, 5.41) is 31.9. The van der Waals surface area contributed by atoms with Gasteiger partial charge in [0.05, 0.1) is 48.0 Å². The van der Waals surface area contributed by atoms with Gasteiger partial charge in [0.25, 0.3) is 5.67 Å². The van der Waals surface area contributed by atoms with Gasteiger partial charge in [-0.1, -0.05) is 46.7 Å². The van der Waals surface area contributed by atoms with Gasteiger partial charge in [0.2, 0.25) is 5.91 Å². The minimum Gasteiger partial charge on any atom is -0.457 e. The molecule has 0 saturated carbocycles. The largest absolute Gasteiger partial charge is 0.457 e. The van der Waals surface area contributed by atoms with Crippen LogP contribution in [0, 0.1) is 17.8 Å². The molecule has 20 heteroatoms. The zero-order valence-electron chi connectivity index (χ0n) is 41.1. The number of hydrogen-bond acceptors (Lipinski definition) is 18. The highest BCUT2D eigenvalue weighted by Gasteiger charge is 2.56. The van der Waals surface area contributed by atoms with Crippen LogP contribution in [-0.4, -0.2) is 141 Å². The molecule has 0 radical (unpaired) electrons. The van der Waals surface area contributed by atoms with Gasteiger partial charge in [0, 0.05) is 48.0 Å². The zero-order valence-corrected chi connectivity index (χ0v) is 41.9. The minimum atomic E-state index is -3.32. The Morgan fingerprint density at radius 2 is 1.73 bits per heavy atom. The summed E-state index contributed by atoms with van der Waals surface area (Å²) < 4.78 is 47.7. The van der Waals surface area contributed by atoms with Crippen LogP contribution in [0.25, 0.3) is 10.6 Å². The Hall–Kier alpha value is -4.31. The number of pyridine rings is 1. The number of nitrogens with zero attached hydrogens (tertiary/aromatic N) is 5. The number of carbonyl (C=O) groups is 4. The second kappa shape index (κ2) is 23.3. The lowest BCUT2D eigenvalue weighted by molar-refractivity contribution is -0.295. The molecule has 0 bridgehead atoms. The maximum absolute atomic E-state index is 17.0. The molecule has 67 heavy (non-hydrogen) atoms. The van der Waals surface area contributed by atoms with E-state index in [1.807, 2.05) is 17.9 Å². The Balaban J connectivity index is 1.76. The molecule has 0 aromatic carbocycles. The van der Waals surface area contributed by atoms with Crippen LogP contribution in [0.15, 0.2) is 33.9 Å². The number of halogens is 1. The van der Waals surface area contributed by atoms with Crippen molar-refractivity contribution in [1.82, 2.24) is 14.9 Å². The van der Waals surface area contributed by atoms with Crippen LogP contribution < -0.4 is 5.73 Å². The molecule has 4 heterocycles. The van der Waals surface area contributed by atoms with Crippen molar-refractivity contribution < 1.29 is 62.3 Å². The van der Waals surface area contributed by atoms with Crippen molar-refractivity contribution in [1.29, 1.82) is 0 Å². The number of nitrogen functional groups attached to an aromatic ring is 1. The predicted molar refractivity (Wildman–Crippen MR) is 250 cm³/mol. The summed E-state index contributed by atoms with van der Waals surface area (Å²) in [4.78, 5) is 74.8. The highest BCUT2D eigenvalue weighted by molar-refractivity contribution is 7.13. The number of aliphatic hydroxyl groups is 2. The Labute approximate surface area is 397 Å². The number of cyclic esters (lactones) is 1. The normalized spacial score (nSPS) is 34.4. The fourth-order valence-electron chi connectivity index (χ4n) is 8.93. The van der Waals surface area contributed by atoms with Gasteiger partial charge in [-0.2, -0.15) is 0 Å². The molecule has 4 N–H and O–H groups in total. The highest BCUT2D eigenvalue weighted by Crippen LogP contribution is 2.39. The number of Topliss-reactive ketones (excluding diaryl/α,β-unsaturated/α-hetero) is 1. The Bertz CT molecular complexity index is 2080. The number of carbonyl (C=O) groups excluding carboxylic acids is 4. The molecule has 374 valence electrons. The van der Waals surface area contributed by atoms with E-state index in [1.54, 1.807) is 66.4 Å². The van der Waals surface area contributed by atoms with E-state index in [0.717, 1.165) is 17.5 Å². The lowest BCUT2D eigenvalue weighted by Crippen LogP contribution is -2.61. The van der Waals surface area contributed by atoms with Crippen LogP contribution in [0.3, 0.4) is 0 Å². The van der Waals surface area contributed by atoms with E-state index in [0.29, 0.717) is 30.1 Å². The van der Waals surface area contributed by atoms with Gasteiger partial charge in [-0.05, 0) is 85.5 Å². The second-order valence-electron chi connectivity index (χ2n) is 18.6. The lowest BCUT2D eigenvalue weighted by Gasteiger charge is -2.47. The third kappa shape index (κ3) is 13.7. The number of ketones is 1. The van der Waals surface area contributed by atoms with Gasteiger partial charge in [-0.25, -0.2) is 19.2 Å². The van der Waals surface area contributed by atoms with Gasteiger partial charge < -0.3 is 49.4 Å². The first-order chi connectivity index (χ1) is 31.3. The molecule has 1 amide bonds. The van der Waals surface area contributed by atoms with Crippen molar-refractivity contribution in [2.75, 3.05) is 26.4 Å². The highest BCUT2D eigenvalue weighted by atomic mass is 32.1. The van der Waals surface area contributed by atoms with Gasteiger partial charge in [-0.3, -0.25) is 19.4 Å². The van der Waals surface area contributed by atoms with E-state index >= 15 is 4.39 Å². The van der Waals surface area contributed by atoms with Crippen LogP contribution in [0.5, 0.6) is 0 Å². The molecule has 4 rings (SSSR count). The number of thiazole rings is 1. The SMILES string of the molecule is CCC(=O)N=C1[C@H](C)C[C@@](C)(O)[C@H](O[C@@H]2O[C@H](C)C[C@H](N(C)C)[C@H]2OC(C)=O)[C@@H](C)C(=O)[C@](C)(F)C(=O)O[C@H](CC)[C@@](C)(O)[C@H](OC/C(CC)=N\OCc2ccc(-c3nc(N)cs3)cn2)[C@H]1C. The number of hydrogen-bond donors (Lipinski definition) is 3. The van der Waals surface area contributed by atoms with E-state index in [-0.39, 0.29) is 38.2 Å². The number of esters is 2. The van der Waals surface area contributed by atoms with Crippen LogP contribution in [-0.2, 0) is 54.3 Å². The van der Waals surface area contributed by atoms with E-state index < -0.39 is 101 Å². The van der Waals surface area contributed by atoms with Gasteiger partial charge in [0.1, 0.15) is 22.5 Å². The number of amides is 1. The molecule has 0 spiro atoms. The van der Waals surface area contributed by atoms with Crippen molar-refractivity contribution in [2.24, 2.45) is 27.9 Å². The average molecular weight is 963 g/mol. The number of likely N-dealkylation sites (N-methyl/N-ethyl adjacent to an activating group) is 1. The number of alkyl halides is 1. The number of aliphatic imine (C=N–C) groups is 1. The predicted octanol–water partition coefficient (Wildman–Crippen LogP) is 5.65. The first-order valence-electron chi connectivity index (χ1n) is 22.9. The molecule has 2 aliphatic rings. The molecular formula is C47H71FN6O12S. The molecule has 13 atom stereocenters. The summed E-state index contributed by atoms with van der Waals surface area (Å²) in [5.41, 5.74) is 0.298. The fourth-order valence-corrected chi connectivity index (χ4v) is 9.63. The summed E-state index contributed by atoms with van der Waals surface area (Å²) in [6.45, 7) is 16.1. The standard InChI is InChI=1S/C47H71FN6O12S/c1-14-31(53-62-23-32-18-17-30(21-50-32)42-51-35(49)24-67-42)22-61-41-27(6)37(52-36(56)16-3)25(4)20-45(9,59)40(66-43-38(64-29(8)55)33(54(12)13)19-26(5)63-43)28(7)39(57)46(10,48)44(58)65-34(15-2)47(41,11)60/h17-18,21,24-28,33-34,38,40-41,43,59-60H,14-16,19-20,22-23,49H2,1-13H3/b52-37?,53-31-/t25-,26-,27+,28+,33+,34-,38-,40-,41-,43+,45-,46+,47-/m1/s1. The summed E-state index contributed by atoms with van der Waals surface area (Å²) in [7, 11) is 3.59. The topological polar surface area (TPSA) is 244 Å². The van der Waals surface area contributed by atoms with Crippen molar-refractivity contribution in [2.45, 2.75) is 175 Å². The summed E-state index contributed by atoms with van der Waals surface area (Å²) in [6, 6.07) is 3.20. The number of ether oxygens (including phenoxy) is 5. The Kier molecular flexibility index (Phi) is 19.3. The van der Waals surface area contributed by atoms with E-state index in [4.69, 9.17) is 34.3 Å². The molecule has 0 aliphatic carbocycles. The Morgan fingerprint density at radius 1 is 1.04 bits per heavy atom. The van der Waals surface area contributed by atoms with Crippen LogP contribution in [0.2, 0.25) is 0 Å². The first kappa shape index (κ1) is 55.3. The number of nitrogens with two attached hydrogens (primary N) is 1. The smallest absolute Gasteiger partial charge is 0.351 e. The minimum absolute atomic E-state index is 0.0131. The first-order valence-corrected chi connectivity index (χ1v) is 23.8. The molecule has 2 saturated heterocycles. The Morgan fingerprint density at radius 3 is 2.28 bits per heavy atom. The molecule has 2 fully saturated rings. The van der Waals surface area contributed by atoms with Crippen molar-refractivity contribution in [3.8, 4) is 10.6 Å². The van der Waals surface area contributed by atoms with E-state index in [9.17, 15) is 29.4 Å². The van der Waals surface area contributed by atoms with Crippen molar-refractivity contribution in [3.63, 3.8) is 0 Å². The molecule has 2 aromatic rings. The quantitative estimate of drug-likeness (QED) is 0.0897. The van der Waals surface area contributed by atoms with E-state index in [2.05, 4.69) is 20.1 Å². The zero-order chi connectivity index (χ0) is 50.2. The molecule has 18 nitrogen and oxygen atoms in total. The summed E-state index contributed by atoms with van der Waals surface area (Å²) >= 11 is 1.40. The maximum Gasteiger partial charge on any atom is 0.351 e. The average Bonchev–Trinajstić information content (AvgIpc) is 3.70. The summed E-state index contributed by atoms with van der Waals surface area (Å²) in [6.07, 6.45) is -5.05. The monoisotopic (exact) mass is 962 g/mol. The number of rotatable bonds is 14. The van der Waals surface area contributed by atoms with E-state index in [1.165, 1.54) is 39.0 Å². The summed E-state index contributed by atoms with van der Waals surface area (Å²) in [5.74, 6) is -6.86. The van der Waals surface area contributed by atoms with Gasteiger partial charge in [0.15, 0.2) is 24.8 Å². The van der Waals surface area contributed by atoms with Gasteiger partial charge >= 0.3 is 11.9 Å². The van der Waals surface area contributed by atoms with Crippen molar-refractivity contribution in [3.05, 3.63) is 29.4 Å². The molecule has 2 aromatic heterocycles. The van der Waals surface area contributed by atoms with Crippen LogP contribution in [0.4, 0.5) is 10.2 Å². The molecule has 0 unspecified atom stereocenters. The molecular weight excluding hydrogens is 892 g/mol. The number of oxime groups is 1. The number of anilines is 1. The number of aromatic nitrogens is 2. The lowest BCUT2D eigenvalue weighted by atomic mass is 9.73. The van der Waals surface area contributed by atoms with Crippen LogP contribution in [0.1, 0.15) is 114 Å². The maximum atomic E-state index is 17.0. The third-order valence-electron chi connectivity index (χ3n) is 12.5. The van der Waals surface area contributed by atoms with Gasteiger partial charge in [-0.15, -0.1) is 11.3 Å². The fraction of sp³-hybridized carbons (Fsp3) is 0.702.